The van der Waals surface area contributed by atoms with Crippen LogP contribution in [0.2, 0.25) is 5.02 Å². The smallest absolute Gasteiger partial charge is 0.326 e. The van der Waals surface area contributed by atoms with Crippen molar-refractivity contribution < 1.29 is 9.59 Å². The van der Waals surface area contributed by atoms with Gasteiger partial charge in [-0.15, -0.1) is 0 Å². The number of halogens is 1. The second-order valence-corrected chi connectivity index (χ2v) is 8.45. The Morgan fingerprint density at radius 3 is 2.15 bits per heavy atom. The maximum Gasteiger partial charge on any atom is 0.331 e. The van der Waals surface area contributed by atoms with Gasteiger partial charge in [0.05, 0.1) is 33.3 Å². The zero-order valence-corrected chi connectivity index (χ0v) is 19.3. The number of hydrogen-bond acceptors (Lipinski definition) is 5. The van der Waals surface area contributed by atoms with Crippen LogP contribution < -0.4 is 21.9 Å². The fourth-order valence-corrected chi connectivity index (χ4v) is 4.24. The molecule has 2 amide bonds. The molecule has 0 radical (unpaired) electrons. The minimum absolute atomic E-state index is 0.234. The van der Waals surface area contributed by atoms with Gasteiger partial charge in [-0.25, -0.2) is 4.79 Å². The molecule has 1 fully saturated rings. The highest BCUT2D eigenvalue weighted by molar-refractivity contribution is 6.32. The summed E-state index contributed by atoms with van der Waals surface area (Å²) < 4.78 is 2.68. The van der Waals surface area contributed by atoms with Crippen molar-refractivity contribution in [1.82, 2.24) is 9.13 Å². The van der Waals surface area contributed by atoms with E-state index in [4.69, 9.17) is 16.9 Å². The minimum atomic E-state index is -0.499. The lowest BCUT2D eigenvalue weighted by Crippen LogP contribution is -2.39. The van der Waals surface area contributed by atoms with Crippen LogP contribution in [0.25, 0.3) is 10.9 Å². The third-order valence-electron chi connectivity index (χ3n) is 5.95. The fraction of sp³-hybridized carbons (Fsp3) is 0.292. The Balaban J connectivity index is 1.48. The summed E-state index contributed by atoms with van der Waals surface area (Å²) in [6, 6.07) is 11.4. The fourth-order valence-electron chi connectivity index (χ4n) is 4.01. The summed E-state index contributed by atoms with van der Waals surface area (Å²) in [5.74, 6) is -1.62. The lowest BCUT2D eigenvalue weighted by molar-refractivity contribution is -0.122. The van der Waals surface area contributed by atoms with Gasteiger partial charge < -0.3 is 10.6 Å². The van der Waals surface area contributed by atoms with E-state index in [0.717, 1.165) is 4.57 Å². The molecule has 1 heterocycles. The molecule has 0 aliphatic heterocycles. The number of hydrogen-bond donors (Lipinski definition) is 2. The number of benzene rings is 2. The van der Waals surface area contributed by atoms with E-state index in [9.17, 15) is 19.2 Å². The van der Waals surface area contributed by atoms with Crippen LogP contribution in [-0.4, -0.2) is 20.9 Å². The topological polar surface area (TPSA) is 126 Å². The summed E-state index contributed by atoms with van der Waals surface area (Å²) in [5.41, 5.74) is 0.903. The van der Waals surface area contributed by atoms with Crippen LogP contribution in [0.1, 0.15) is 25.8 Å². The monoisotopic (exact) mass is 479 g/mol. The maximum atomic E-state index is 12.8. The van der Waals surface area contributed by atoms with Crippen molar-refractivity contribution in [1.29, 1.82) is 5.26 Å². The molecule has 2 atom stereocenters. The van der Waals surface area contributed by atoms with Crippen LogP contribution in [0.3, 0.4) is 0 Å². The van der Waals surface area contributed by atoms with Crippen molar-refractivity contribution in [2.24, 2.45) is 11.8 Å². The molecule has 9 nitrogen and oxygen atoms in total. The first-order chi connectivity index (χ1) is 16.3. The highest BCUT2D eigenvalue weighted by atomic mass is 35.5. The number of anilines is 2. The molecular formula is C24H22ClN5O4. The van der Waals surface area contributed by atoms with Gasteiger partial charge in [0.25, 0.3) is 5.56 Å². The van der Waals surface area contributed by atoms with E-state index in [-0.39, 0.29) is 29.1 Å². The van der Waals surface area contributed by atoms with E-state index >= 15 is 0 Å². The third-order valence-corrected chi connectivity index (χ3v) is 6.26. The van der Waals surface area contributed by atoms with Gasteiger partial charge in [0, 0.05) is 24.5 Å². The van der Waals surface area contributed by atoms with Crippen LogP contribution in [0.5, 0.6) is 0 Å². The SMILES string of the molecule is CCn1c(=O)c2cc(NC(=O)[C@H]3C[C@H]3C(=O)Nc3ccc(C#N)c(Cl)c3)ccc2n(CC)c1=O. The molecule has 174 valence electrons. The van der Waals surface area contributed by atoms with Gasteiger partial charge in [-0.2, -0.15) is 5.26 Å². The summed E-state index contributed by atoms with van der Waals surface area (Å²) in [4.78, 5) is 50.5. The van der Waals surface area contributed by atoms with Crippen molar-refractivity contribution >= 4 is 45.7 Å². The van der Waals surface area contributed by atoms with Gasteiger partial charge in [-0.05, 0) is 56.7 Å². The molecule has 2 N–H and O–H groups in total. The largest absolute Gasteiger partial charge is 0.331 e. The van der Waals surface area contributed by atoms with E-state index in [1.807, 2.05) is 13.0 Å². The predicted octanol–water partition coefficient (Wildman–Crippen LogP) is 2.94. The summed E-state index contributed by atoms with van der Waals surface area (Å²) in [6.45, 7) is 4.20. The Labute approximate surface area is 199 Å². The average Bonchev–Trinajstić information content (AvgIpc) is 3.62. The average molecular weight is 480 g/mol. The van der Waals surface area contributed by atoms with E-state index in [1.165, 1.54) is 16.7 Å². The normalized spacial score (nSPS) is 16.6. The molecule has 34 heavy (non-hydrogen) atoms. The van der Waals surface area contributed by atoms with E-state index in [0.29, 0.717) is 40.8 Å². The van der Waals surface area contributed by atoms with Crippen molar-refractivity contribution in [3.63, 3.8) is 0 Å². The summed E-state index contributed by atoms with van der Waals surface area (Å²) in [5, 5.41) is 15.0. The molecule has 2 aromatic carbocycles. The second-order valence-electron chi connectivity index (χ2n) is 8.04. The molecule has 0 spiro atoms. The first-order valence-corrected chi connectivity index (χ1v) is 11.3. The van der Waals surface area contributed by atoms with Crippen LogP contribution >= 0.6 is 11.6 Å². The van der Waals surface area contributed by atoms with Gasteiger partial charge in [-0.3, -0.25) is 23.5 Å². The lowest BCUT2D eigenvalue weighted by atomic mass is 10.2. The van der Waals surface area contributed by atoms with E-state index in [2.05, 4.69) is 10.6 Å². The number of aryl methyl sites for hydroxylation is 1. The van der Waals surface area contributed by atoms with E-state index < -0.39 is 17.4 Å². The maximum absolute atomic E-state index is 12.8. The first kappa shape index (κ1) is 23.3. The summed E-state index contributed by atoms with van der Waals surface area (Å²) in [6.07, 6.45) is 0.396. The standard InChI is InChI=1S/C24H22ClN5O4/c1-3-29-20-8-7-14(9-18(20)23(33)30(4-2)24(29)34)27-21(31)16-11-17(16)22(32)28-15-6-5-13(12-26)19(25)10-15/h5-10,16-17H,3-4,11H2,1-2H3,(H,27,31)(H,28,32)/t16-,17+/m0/s1. The number of rotatable bonds is 6. The number of amides is 2. The molecule has 1 aliphatic rings. The Hall–Kier alpha value is -3.90. The van der Waals surface area contributed by atoms with Crippen molar-refractivity contribution in [2.75, 3.05) is 10.6 Å². The van der Waals surface area contributed by atoms with E-state index in [1.54, 1.807) is 31.2 Å². The van der Waals surface area contributed by atoms with Crippen molar-refractivity contribution in [2.45, 2.75) is 33.4 Å². The van der Waals surface area contributed by atoms with Crippen LogP contribution in [0.15, 0.2) is 46.0 Å². The minimum Gasteiger partial charge on any atom is -0.326 e. The molecule has 0 saturated heterocycles. The number of carbonyl (C=O) groups excluding carboxylic acids is 2. The zero-order valence-electron chi connectivity index (χ0n) is 18.6. The number of carbonyl (C=O) groups is 2. The number of aromatic nitrogens is 2. The van der Waals surface area contributed by atoms with Gasteiger partial charge in [0.2, 0.25) is 11.8 Å². The quantitative estimate of drug-likeness (QED) is 0.562. The van der Waals surface area contributed by atoms with Crippen molar-refractivity contribution in [3.05, 3.63) is 67.8 Å². The molecule has 0 unspecified atom stereocenters. The highest BCUT2D eigenvalue weighted by Crippen LogP contribution is 2.40. The Bertz CT molecular complexity index is 1480. The third kappa shape index (κ3) is 4.20. The number of nitrogens with zero attached hydrogens (tertiary/aromatic N) is 3. The first-order valence-electron chi connectivity index (χ1n) is 10.9. The van der Waals surface area contributed by atoms with Crippen LogP contribution in [0, 0.1) is 23.2 Å². The van der Waals surface area contributed by atoms with Gasteiger partial charge in [0.1, 0.15) is 6.07 Å². The van der Waals surface area contributed by atoms with Gasteiger partial charge in [0.15, 0.2) is 0 Å². The van der Waals surface area contributed by atoms with Crippen molar-refractivity contribution in [3.8, 4) is 6.07 Å². The molecule has 1 aliphatic carbocycles. The lowest BCUT2D eigenvalue weighted by Gasteiger charge is -2.13. The Morgan fingerprint density at radius 1 is 1.00 bits per heavy atom. The molecular weight excluding hydrogens is 458 g/mol. The Kier molecular flexibility index (Phi) is 6.26. The number of nitrogens with one attached hydrogen (secondary N) is 2. The van der Waals surface area contributed by atoms with Crippen LogP contribution in [-0.2, 0) is 22.7 Å². The summed E-state index contributed by atoms with van der Waals surface area (Å²) >= 11 is 6.00. The molecule has 4 rings (SSSR count). The second kappa shape index (κ2) is 9.15. The molecule has 10 heteroatoms. The van der Waals surface area contributed by atoms with Gasteiger partial charge >= 0.3 is 5.69 Å². The number of fused-ring (bicyclic) bond motifs is 1. The molecule has 1 saturated carbocycles. The highest BCUT2D eigenvalue weighted by Gasteiger charge is 2.48. The zero-order chi connectivity index (χ0) is 24.6. The molecule has 1 aromatic heterocycles. The molecule has 0 bridgehead atoms. The van der Waals surface area contributed by atoms with Crippen LogP contribution in [0.4, 0.5) is 11.4 Å². The summed E-state index contributed by atoms with van der Waals surface area (Å²) in [7, 11) is 0. The van der Waals surface area contributed by atoms with Gasteiger partial charge in [-0.1, -0.05) is 11.6 Å². The predicted molar refractivity (Wildman–Crippen MR) is 129 cm³/mol. The molecule has 3 aromatic rings. The number of nitriles is 1. The Morgan fingerprint density at radius 2 is 1.59 bits per heavy atom.